The second kappa shape index (κ2) is 6.68. The van der Waals surface area contributed by atoms with E-state index in [0.29, 0.717) is 13.0 Å². The molecule has 2 unspecified atom stereocenters. The Morgan fingerprint density at radius 1 is 1.42 bits per heavy atom. The highest BCUT2D eigenvalue weighted by atomic mass is 16.5. The normalized spacial score (nSPS) is 24.7. The van der Waals surface area contributed by atoms with Gasteiger partial charge in [0.15, 0.2) is 0 Å². The fourth-order valence-electron chi connectivity index (χ4n) is 2.58. The standard InChI is InChI=1S/C15H21NO3/c1-19-15(18)13-11-16(9-5-8-14(13)17)10-12-6-3-2-4-7-12/h2-4,6-7,13-14,17H,5,8-11H2,1H3. The van der Waals surface area contributed by atoms with Crippen LogP contribution < -0.4 is 0 Å². The van der Waals surface area contributed by atoms with Gasteiger partial charge < -0.3 is 9.84 Å². The summed E-state index contributed by atoms with van der Waals surface area (Å²) in [4.78, 5) is 13.9. The molecule has 1 N–H and O–H groups in total. The molecule has 1 aromatic carbocycles. The number of hydrogen-bond acceptors (Lipinski definition) is 4. The summed E-state index contributed by atoms with van der Waals surface area (Å²) >= 11 is 0. The summed E-state index contributed by atoms with van der Waals surface area (Å²) < 4.78 is 4.79. The van der Waals surface area contributed by atoms with Crippen molar-refractivity contribution in [3.63, 3.8) is 0 Å². The van der Waals surface area contributed by atoms with E-state index < -0.39 is 12.0 Å². The molecule has 0 bridgehead atoms. The van der Waals surface area contributed by atoms with Crippen molar-refractivity contribution in [2.75, 3.05) is 20.2 Å². The monoisotopic (exact) mass is 263 g/mol. The van der Waals surface area contributed by atoms with E-state index in [1.165, 1.54) is 12.7 Å². The summed E-state index contributed by atoms with van der Waals surface area (Å²) in [6.07, 6.45) is 0.972. The number of aliphatic hydroxyl groups excluding tert-OH is 1. The Balaban J connectivity index is 2.03. The Hall–Kier alpha value is -1.39. The number of hydrogen-bond donors (Lipinski definition) is 1. The molecule has 1 fully saturated rings. The van der Waals surface area contributed by atoms with Gasteiger partial charge in [0.2, 0.25) is 0 Å². The molecule has 1 aromatic rings. The minimum absolute atomic E-state index is 0.313. The smallest absolute Gasteiger partial charge is 0.312 e. The van der Waals surface area contributed by atoms with Crippen LogP contribution in [0.1, 0.15) is 18.4 Å². The number of rotatable bonds is 3. The lowest BCUT2D eigenvalue weighted by molar-refractivity contribution is -0.150. The van der Waals surface area contributed by atoms with Gasteiger partial charge in [-0.3, -0.25) is 9.69 Å². The number of likely N-dealkylation sites (tertiary alicyclic amines) is 1. The molecule has 0 radical (unpaired) electrons. The molecule has 0 saturated carbocycles. The van der Waals surface area contributed by atoms with Crippen LogP contribution in [0.3, 0.4) is 0 Å². The van der Waals surface area contributed by atoms with Crippen LogP contribution in [0.4, 0.5) is 0 Å². The zero-order valence-corrected chi connectivity index (χ0v) is 11.3. The van der Waals surface area contributed by atoms with E-state index in [2.05, 4.69) is 17.0 Å². The van der Waals surface area contributed by atoms with Crippen LogP contribution in [-0.2, 0) is 16.1 Å². The van der Waals surface area contributed by atoms with Gasteiger partial charge in [-0.1, -0.05) is 30.3 Å². The van der Waals surface area contributed by atoms with E-state index in [-0.39, 0.29) is 5.97 Å². The predicted molar refractivity (Wildman–Crippen MR) is 72.5 cm³/mol. The van der Waals surface area contributed by atoms with E-state index in [4.69, 9.17) is 4.74 Å². The molecular weight excluding hydrogens is 242 g/mol. The first-order valence-electron chi connectivity index (χ1n) is 6.73. The lowest BCUT2D eigenvalue weighted by Crippen LogP contribution is -2.37. The highest BCUT2D eigenvalue weighted by molar-refractivity contribution is 5.73. The second-order valence-corrected chi connectivity index (χ2v) is 5.06. The number of ether oxygens (including phenoxy) is 1. The van der Waals surface area contributed by atoms with E-state index >= 15 is 0 Å². The van der Waals surface area contributed by atoms with Gasteiger partial charge in [0.25, 0.3) is 0 Å². The molecule has 2 rings (SSSR count). The SMILES string of the molecule is COC(=O)C1CN(Cc2ccccc2)CCCC1O. The molecule has 104 valence electrons. The van der Waals surface area contributed by atoms with Crippen LogP contribution in [-0.4, -0.2) is 42.3 Å². The van der Waals surface area contributed by atoms with Crippen LogP contribution in [0, 0.1) is 5.92 Å². The van der Waals surface area contributed by atoms with Gasteiger partial charge in [-0.05, 0) is 24.9 Å². The van der Waals surface area contributed by atoms with Crippen LogP contribution in [0.2, 0.25) is 0 Å². The highest BCUT2D eigenvalue weighted by Gasteiger charge is 2.31. The average molecular weight is 263 g/mol. The van der Waals surface area contributed by atoms with Crippen molar-refractivity contribution in [2.45, 2.75) is 25.5 Å². The third-order valence-corrected chi connectivity index (χ3v) is 3.65. The predicted octanol–water partition coefficient (Wildman–Crippen LogP) is 1.43. The van der Waals surface area contributed by atoms with E-state index in [1.54, 1.807) is 0 Å². The fourth-order valence-corrected chi connectivity index (χ4v) is 2.58. The molecule has 1 saturated heterocycles. The maximum Gasteiger partial charge on any atom is 0.312 e. The molecule has 2 atom stereocenters. The molecular formula is C15H21NO3. The summed E-state index contributed by atoms with van der Waals surface area (Å²) in [7, 11) is 1.38. The first kappa shape index (κ1) is 14.0. The Bertz CT molecular complexity index is 407. The lowest BCUT2D eigenvalue weighted by Gasteiger charge is -2.24. The third kappa shape index (κ3) is 3.78. The largest absolute Gasteiger partial charge is 0.469 e. The topological polar surface area (TPSA) is 49.8 Å². The molecule has 0 aliphatic carbocycles. The number of esters is 1. The van der Waals surface area contributed by atoms with Gasteiger partial charge in [-0.25, -0.2) is 0 Å². The quantitative estimate of drug-likeness (QED) is 0.838. The van der Waals surface area contributed by atoms with Gasteiger partial charge in [-0.15, -0.1) is 0 Å². The summed E-state index contributed by atoms with van der Waals surface area (Å²) in [5.41, 5.74) is 1.22. The first-order chi connectivity index (χ1) is 9.20. The number of benzene rings is 1. The number of carbonyl (C=O) groups is 1. The zero-order valence-electron chi connectivity index (χ0n) is 11.3. The van der Waals surface area contributed by atoms with E-state index in [0.717, 1.165) is 19.5 Å². The molecule has 1 aliphatic rings. The van der Waals surface area contributed by atoms with Crippen molar-refractivity contribution in [3.05, 3.63) is 35.9 Å². The van der Waals surface area contributed by atoms with Crippen LogP contribution in [0.25, 0.3) is 0 Å². The second-order valence-electron chi connectivity index (χ2n) is 5.06. The molecule has 0 amide bonds. The van der Waals surface area contributed by atoms with Crippen LogP contribution in [0.5, 0.6) is 0 Å². The van der Waals surface area contributed by atoms with Crippen molar-refractivity contribution in [3.8, 4) is 0 Å². The Kier molecular flexibility index (Phi) is 4.93. The molecule has 0 spiro atoms. The maximum absolute atomic E-state index is 11.7. The maximum atomic E-state index is 11.7. The molecule has 4 nitrogen and oxygen atoms in total. The van der Waals surface area contributed by atoms with Crippen molar-refractivity contribution < 1.29 is 14.6 Å². The van der Waals surface area contributed by atoms with Gasteiger partial charge in [0.05, 0.1) is 19.1 Å². The molecule has 1 aliphatic heterocycles. The van der Waals surface area contributed by atoms with Crippen molar-refractivity contribution >= 4 is 5.97 Å². The Morgan fingerprint density at radius 2 is 2.16 bits per heavy atom. The minimum atomic E-state index is -0.590. The first-order valence-corrected chi connectivity index (χ1v) is 6.73. The third-order valence-electron chi connectivity index (χ3n) is 3.65. The minimum Gasteiger partial charge on any atom is -0.469 e. The summed E-state index contributed by atoms with van der Waals surface area (Å²) in [5.74, 6) is -0.747. The van der Waals surface area contributed by atoms with Gasteiger partial charge in [0.1, 0.15) is 0 Å². The molecule has 1 heterocycles. The number of aliphatic hydroxyl groups is 1. The van der Waals surface area contributed by atoms with Gasteiger partial charge in [0, 0.05) is 13.1 Å². The number of carbonyl (C=O) groups excluding carboxylic acids is 1. The molecule has 0 aromatic heterocycles. The molecule has 4 heteroatoms. The molecule has 19 heavy (non-hydrogen) atoms. The highest BCUT2D eigenvalue weighted by Crippen LogP contribution is 2.20. The van der Waals surface area contributed by atoms with Crippen LogP contribution >= 0.6 is 0 Å². The zero-order chi connectivity index (χ0) is 13.7. The van der Waals surface area contributed by atoms with Gasteiger partial charge >= 0.3 is 5.97 Å². The summed E-state index contributed by atoms with van der Waals surface area (Å²) in [6.45, 7) is 2.27. The van der Waals surface area contributed by atoms with Gasteiger partial charge in [-0.2, -0.15) is 0 Å². The number of nitrogens with zero attached hydrogens (tertiary/aromatic N) is 1. The van der Waals surface area contributed by atoms with E-state index in [1.807, 2.05) is 18.2 Å². The Labute approximate surface area is 114 Å². The van der Waals surface area contributed by atoms with Crippen molar-refractivity contribution in [1.29, 1.82) is 0 Å². The lowest BCUT2D eigenvalue weighted by atomic mass is 10.00. The van der Waals surface area contributed by atoms with Crippen molar-refractivity contribution in [2.24, 2.45) is 5.92 Å². The van der Waals surface area contributed by atoms with Crippen molar-refractivity contribution in [1.82, 2.24) is 4.90 Å². The summed E-state index contributed by atoms with van der Waals surface area (Å²) in [6, 6.07) is 10.2. The van der Waals surface area contributed by atoms with Crippen LogP contribution in [0.15, 0.2) is 30.3 Å². The van der Waals surface area contributed by atoms with E-state index in [9.17, 15) is 9.90 Å². The number of methoxy groups -OCH3 is 1. The average Bonchev–Trinajstić information content (AvgIpc) is 2.61. The Morgan fingerprint density at radius 3 is 2.84 bits per heavy atom. The summed E-state index contributed by atoms with van der Waals surface area (Å²) in [5, 5.41) is 10.0. The fraction of sp³-hybridized carbons (Fsp3) is 0.533.